The van der Waals surface area contributed by atoms with Gasteiger partial charge in [0.2, 0.25) is 0 Å². The Hall–Kier alpha value is -1.40. The first-order valence-corrected chi connectivity index (χ1v) is 6.87. The fourth-order valence-corrected chi connectivity index (χ4v) is 2.64. The average Bonchev–Trinajstić information content (AvgIpc) is 2.37. The topological polar surface area (TPSA) is 44.6 Å². The molecule has 6 heteroatoms. The first kappa shape index (κ1) is 14.0. The second kappa shape index (κ2) is 6.16. The molecule has 0 saturated carbocycles. The second-order valence-electron chi connectivity index (χ2n) is 3.70. The minimum atomic E-state index is -0.303. The molecule has 0 radical (unpaired) electrons. The fraction of sp³-hybridized carbons (Fsp3) is 0. The van der Waals surface area contributed by atoms with Crippen molar-refractivity contribution < 1.29 is 9.50 Å². The summed E-state index contributed by atoms with van der Waals surface area (Å²) in [5.41, 5.74) is 3.96. The number of nitrogens with one attached hydrogen (secondary N) is 1. The van der Waals surface area contributed by atoms with Crippen molar-refractivity contribution in [1.82, 2.24) is 0 Å². The van der Waals surface area contributed by atoms with Crippen LogP contribution in [0.2, 0.25) is 0 Å². The number of rotatable bonds is 3. The molecule has 0 spiro atoms. The maximum absolute atomic E-state index is 12.7. The summed E-state index contributed by atoms with van der Waals surface area (Å²) >= 11 is 6.56. The number of hydrogen-bond donors (Lipinski definition) is 2. The van der Waals surface area contributed by atoms with E-state index >= 15 is 0 Å². The number of anilines is 1. The van der Waals surface area contributed by atoms with E-state index in [0.717, 1.165) is 4.47 Å². The maximum atomic E-state index is 12.7. The number of nitrogens with zero attached hydrogens (tertiary/aromatic N) is 1. The largest absolute Gasteiger partial charge is 0.506 e. The summed E-state index contributed by atoms with van der Waals surface area (Å²) in [6, 6.07) is 9.29. The van der Waals surface area contributed by atoms with E-state index in [-0.39, 0.29) is 11.6 Å². The van der Waals surface area contributed by atoms with Crippen LogP contribution in [0, 0.1) is 5.82 Å². The lowest BCUT2D eigenvalue weighted by Gasteiger charge is -2.03. The summed E-state index contributed by atoms with van der Waals surface area (Å²) in [6.07, 6.45) is 1.48. The Balaban J connectivity index is 2.13. The molecule has 0 unspecified atom stereocenters. The molecule has 0 aliphatic carbocycles. The van der Waals surface area contributed by atoms with Gasteiger partial charge in [-0.2, -0.15) is 5.10 Å². The molecule has 0 aliphatic rings. The van der Waals surface area contributed by atoms with Gasteiger partial charge < -0.3 is 5.11 Å². The molecule has 2 N–H and O–H groups in total. The van der Waals surface area contributed by atoms with Gasteiger partial charge >= 0.3 is 0 Å². The van der Waals surface area contributed by atoms with E-state index < -0.39 is 0 Å². The first-order chi connectivity index (χ1) is 9.06. The van der Waals surface area contributed by atoms with Crippen LogP contribution >= 0.6 is 31.9 Å². The third-order valence-corrected chi connectivity index (χ3v) is 3.36. The van der Waals surface area contributed by atoms with Crippen LogP contribution in [0.5, 0.6) is 5.75 Å². The van der Waals surface area contributed by atoms with E-state index in [2.05, 4.69) is 42.4 Å². The zero-order chi connectivity index (χ0) is 13.8. The quantitative estimate of drug-likeness (QED) is 0.601. The number of aromatic hydroxyl groups is 1. The van der Waals surface area contributed by atoms with Crippen LogP contribution in [-0.2, 0) is 0 Å². The van der Waals surface area contributed by atoms with Crippen LogP contribution in [-0.4, -0.2) is 11.3 Å². The molecule has 0 atom stereocenters. The third kappa shape index (κ3) is 3.78. The Morgan fingerprint density at radius 1 is 1.16 bits per heavy atom. The molecule has 0 saturated heterocycles. The lowest BCUT2D eigenvalue weighted by molar-refractivity contribution is 0.471. The van der Waals surface area contributed by atoms with Crippen molar-refractivity contribution >= 4 is 43.8 Å². The molecule has 98 valence electrons. The van der Waals surface area contributed by atoms with Gasteiger partial charge in [-0.3, -0.25) is 5.43 Å². The lowest BCUT2D eigenvalue weighted by atomic mass is 10.2. The van der Waals surface area contributed by atoms with Crippen LogP contribution in [0.1, 0.15) is 5.56 Å². The zero-order valence-electron chi connectivity index (χ0n) is 9.57. The van der Waals surface area contributed by atoms with E-state index in [4.69, 9.17) is 0 Å². The number of halogens is 3. The summed E-state index contributed by atoms with van der Waals surface area (Å²) in [5, 5.41) is 13.8. The van der Waals surface area contributed by atoms with Crippen molar-refractivity contribution in [2.24, 2.45) is 5.10 Å². The highest BCUT2D eigenvalue weighted by atomic mass is 79.9. The van der Waals surface area contributed by atoms with Crippen molar-refractivity contribution in [2.75, 3.05) is 5.43 Å². The molecule has 2 aromatic rings. The third-order valence-electron chi connectivity index (χ3n) is 2.30. The Labute approximate surface area is 126 Å². The SMILES string of the molecule is Oc1c(Br)cc(Br)cc1C=NNc1ccc(F)cc1. The van der Waals surface area contributed by atoms with Crippen LogP contribution < -0.4 is 5.43 Å². The molecule has 0 heterocycles. The molecule has 0 fully saturated rings. The van der Waals surface area contributed by atoms with Crippen molar-refractivity contribution in [3.63, 3.8) is 0 Å². The molecular weight excluding hydrogens is 379 g/mol. The summed E-state index contributed by atoms with van der Waals surface area (Å²) in [4.78, 5) is 0. The molecular formula is C13H9Br2FN2O. The molecule has 2 aromatic carbocycles. The highest BCUT2D eigenvalue weighted by Crippen LogP contribution is 2.30. The van der Waals surface area contributed by atoms with E-state index in [1.807, 2.05) is 0 Å². The molecule has 2 rings (SSSR count). The second-order valence-corrected chi connectivity index (χ2v) is 5.47. The van der Waals surface area contributed by atoms with Gasteiger partial charge in [0.25, 0.3) is 0 Å². The number of benzene rings is 2. The number of hydrogen-bond acceptors (Lipinski definition) is 3. The van der Waals surface area contributed by atoms with Crippen molar-refractivity contribution in [2.45, 2.75) is 0 Å². The van der Waals surface area contributed by atoms with Crippen LogP contribution in [0.4, 0.5) is 10.1 Å². The first-order valence-electron chi connectivity index (χ1n) is 5.29. The van der Waals surface area contributed by atoms with Gasteiger partial charge in [-0.25, -0.2) is 4.39 Å². The minimum Gasteiger partial charge on any atom is -0.506 e. The zero-order valence-corrected chi connectivity index (χ0v) is 12.7. The van der Waals surface area contributed by atoms with E-state index in [0.29, 0.717) is 15.7 Å². The van der Waals surface area contributed by atoms with Crippen molar-refractivity contribution in [3.8, 4) is 5.75 Å². The molecule has 0 bridgehead atoms. The van der Waals surface area contributed by atoms with E-state index in [1.165, 1.54) is 18.3 Å². The van der Waals surface area contributed by atoms with E-state index in [1.54, 1.807) is 24.3 Å². The van der Waals surface area contributed by atoms with E-state index in [9.17, 15) is 9.50 Å². The van der Waals surface area contributed by atoms with Crippen molar-refractivity contribution in [3.05, 3.63) is 56.7 Å². The van der Waals surface area contributed by atoms with Crippen molar-refractivity contribution in [1.29, 1.82) is 0 Å². The predicted molar refractivity (Wildman–Crippen MR) is 81.1 cm³/mol. The van der Waals surface area contributed by atoms with Gasteiger partial charge in [0.1, 0.15) is 11.6 Å². The number of phenolic OH excluding ortho intramolecular Hbond substituents is 1. The number of phenols is 1. The Morgan fingerprint density at radius 2 is 1.84 bits per heavy atom. The smallest absolute Gasteiger partial charge is 0.138 e. The molecule has 0 aromatic heterocycles. The van der Waals surface area contributed by atoms with Crippen LogP contribution in [0.25, 0.3) is 0 Å². The fourth-order valence-electron chi connectivity index (χ4n) is 1.39. The van der Waals surface area contributed by atoms with Gasteiger partial charge in [-0.15, -0.1) is 0 Å². The summed E-state index contributed by atoms with van der Waals surface area (Å²) in [7, 11) is 0. The predicted octanol–water partition coefficient (Wildman–Crippen LogP) is 4.50. The monoisotopic (exact) mass is 386 g/mol. The maximum Gasteiger partial charge on any atom is 0.138 e. The van der Waals surface area contributed by atoms with Gasteiger partial charge in [-0.1, -0.05) is 15.9 Å². The average molecular weight is 388 g/mol. The minimum absolute atomic E-state index is 0.104. The lowest BCUT2D eigenvalue weighted by Crippen LogP contribution is -1.91. The normalized spacial score (nSPS) is 10.9. The van der Waals surface area contributed by atoms with Gasteiger partial charge in [0, 0.05) is 10.0 Å². The molecule has 0 aliphatic heterocycles. The summed E-state index contributed by atoms with van der Waals surface area (Å²) < 4.78 is 14.1. The highest BCUT2D eigenvalue weighted by molar-refractivity contribution is 9.11. The molecule has 3 nitrogen and oxygen atoms in total. The van der Waals surface area contributed by atoms with Crippen LogP contribution in [0.15, 0.2) is 50.4 Å². The molecule has 0 amide bonds. The van der Waals surface area contributed by atoms with Gasteiger partial charge in [0.15, 0.2) is 0 Å². The Kier molecular flexibility index (Phi) is 4.55. The summed E-state index contributed by atoms with van der Waals surface area (Å²) in [6.45, 7) is 0. The highest BCUT2D eigenvalue weighted by Gasteiger charge is 2.05. The van der Waals surface area contributed by atoms with Gasteiger partial charge in [0.05, 0.1) is 16.4 Å². The summed E-state index contributed by atoms with van der Waals surface area (Å²) in [5.74, 6) is -0.198. The Morgan fingerprint density at radius 3 is 2.53 bits per heavy atom. The standard InChI is InChI=1S/C13H9Br2FN2O/c14-9-5-8(13(19)12(15)6-9)7-17-18-11-3-1-10(16)2-4-11/h1-7,18-19H. The number of hydrazone groups is 1. The van der Waals surface area contributed by atoms with Gasteiger partial charge in [-0.05, 0) is 52.3 Å². The molecule has 19 heavy (non-hydrogen) atoms. The Bertz CT molecular complexity index is 615. The van der Waals surface area contributed by atoms with Crippen LogP contribution in [0.3, 0.4) is 0 Å².